The molecule has 2 aromatic carbocycles. The van der Waals surface area contributed by atoms with E-state index in [0.717, 1.165) is 21.2 Å². The number of esters is 1. The molecule has 0 aromatic heterocycles. The molecule has 6 nitrogen and oxygen atoms in total. The number of hydrogen-bond donors (Lipinski definition) is 2. The summed E-state index contributed by atoms with van der Waals surface area (Å²) in [4.78, 5) is 35.7. The quantitative estimate of drug-likeness (QED) is 0.621. The largest absolute Gasteiger partial charge is 0.456 e. The van der Waals surface area contributed by atoms with Gasteiger partial charge in [0.15, 0.2) is 6.61 Å². The molecule has 0 fully saturated rings. The smallest absolute Gasteiger partial charge is 0.306 e. The van der Waals surface area contributed by atoms with Crippen LogP contribution in [0.5, 0.6) is 0 Å². The zero-order valence-corrected chi connectivity index (χ0v) is 17.7. The summed E-state index contributed by atoms with van der Waals surface area (Å²) in [7, 11) is 0. The van der Waals surface area contributed by atoms with Crippen molar-refractivity contribution < 1.29 is 19.1 Å². The third-order valence-electron chi connectivity index (χ3n) is 3.89. The Hall–Kier alpha value is -2.67. The molecule has 2 amide bonds. The second kappa shape index (κ2) is 10.0. The Morgan fingerprint density at radius 1 is 0.893 bits per heavy atom. The van der Waals surface area contributed by atoms with Crippen molar-refractivity contribution in [3.63, 3.8) is 0 Å². The number of nitrogens with one attached hydrogen (secondary N) is 2. The van der Waals surface area contributed by atoms with E-state index in [-0.39, 0.29) is 25.4 Å². The highest BCUT2D eigenvalue weighted by atomic mass is 79.9. The van der Waals surface area contributed by atoms with Gasteiger partial charge in [-0.25, -0.2) is 0 Å². The van der Waals surface area contributed by atoms with Crippen molar-refractivity contribution >= 4 is 45.1 Å². The Labute approximate surface area is 172 Å². The molecule has 2 aromatic rings. The lowest BCUT2D eigenvalue weighted by molar-refractivity contribution is -0.147. The summed E-state index contributed by atoms with van der Waals surface area (Å²) in [5.41, 5.74) is 4.31. The van der Waals surface area contributed by atoms with E-state index in [1.54, 1.807) is 6.07 Å². The average Bonchev–Trinajstić information content (AvgIpc) is 2.59. The van der Waals surface area contributed by atoms with Crippen molar-refractivity contribution in [1.29, 1.82) is 0 Å². The number of ether oxygens (including phenoxy) is 1. The molecule has 0 spiro atoms. The van der Waals surface area contributed by atoms with Crippen molar-refractivity contribution in [2.75, 3.05) is 17.2 Å². The van der Waals surface area contributed by atoms with Crippen molar-refractivity contribution in [1.82, 2.24) is 0 Å². The first-order chi connectivity index (χ1) is 13.2. The van der Waals surface area contributed by atoms with Gasteiger partial charge >= 0.3 is 5.97 Å². The van der Waals surface area contributed by atoms with Gasteiger partial charge in [0.1, 0.15) is 0 Å². The predicted molar refractivity (Wildman–Crippen MR) is 112 cm³/mol. The first-order valence-corrected chi connectivity index (χ1v) is 9.62. The molecule has 0 saturated heterocycles. The number of anilines is 2. The van der Waals surface area contributed by atoms with E-state index in [0.29, 0.717) is 11.4 Å². The molecule has 0 aliphatic heterocycles. The fraction of sp³-hybridized carbons (Fsp3) is 0.286. The lowest BCUT2D eigenvalue weighted by Crippen LogP contribution is -2.22. The van der Waals surface area contributed by atoms with Crippen LogP contribution in [-0.2, 0) is 19.1 Å². The fourth-order valence-electron chi connectivity index (χ4n) is 2.66. The Morgan fingerprint density at radius 2 is 1.57 bits per heavy atom. The van der Waals surface area contributed by atoms with E-state index in [9.17, 15) is 14.4 Å². The van der Waals surface area contributed by atoms with Crippen molar-refractivity contribution in [2.45, 2.75) is 33.6 Å². The van der Waals surface area contributed by atoms with Crippen LogP contribution in [0.4, 0.5) is 11.4 Å². The van der Waals surface area contributed by atoms with Crippen LogP contribution in [0.3, 0.4) is 0 Å². The van der Waals surface area contributed by atoms with Gasteiger partial charge in [-0.3, -0.25) is 14.4 Å². The monoisotopic (exact) mass is 446 g/mol. The summed E-state index contributed by atoms with van der Waals surface area (Å²) in [6.07, 6.45) is -0.120. The lowest BCUT2D eigenvalue weighted by atomic mass is 10.1. The normalized spacial score (nSPS) is 10.3. The molecule has 2 N–H and O–H groups in total. The zero-order valence-electron chi connectivity index (χ0n) is 16.1. The number of halogens is 1. The molecule has 148 valence electrons. The minimum absolute atomic E-state index is 0.0208. The molecule has 0 atom stereocenters. The fourth-order valence-corrected chi connectivity index (χ4v) is 3.13. The van der Waals surface area contributed by atoms with Gasteiger partial charge in [0, 0.05) is 22.3 Å². The van der Waals surface area contributed by atoms with Gasteiger partial charge in [-0.05, 0) is 67.8 Å². The Morgan fingerprint density at radius 3 is 2.21 bits per heavy atom. The van der Waals surface area contributed by atoms with Gasteiger partial charge in [-0.15, -0.1) is 0 Å². The number of carbonyl (C=O) groups excluding carboxylic acids is 3. The maximum Gasteiger partial charge on any atom is 0.306 e. The van der Waals surface area contributed by atoms with Crippen LogP contribution >= 0.6 is 15.9 Å². The van der Waals surface area contributed by atoms with Crippen LogP contribution in [0.2, 0.25) is 0 Å². The molecule has 28 heavy (non-hydrogen) atoms. The van der Waals surface area contributed by atoms with Gasteiger partial charge in [0.2, 0.25) is 5.91 Å². The SMILES string of the molecule is Cc1cc(C)cc(NC(=O)COC(=O)CCC(=O)Nc2ccc(Br)cc2C)c1. The summed E-state index contributed by atoms with van der Waals surface area (Å²) >= 11 is 3.36. The van der Waals surface area contributed by atoms with Gasteiger partial charge in [0.25, 0.3) is 5.91 Å². The van der Waals surface area contributed by atoms with Crippen LogP contribution in [-0.4, -0.2) is 24.4 Å². The van der Waals surface area contributed by atoms with E-state index in [2.05, 4.69) is 26.6 Å². The Bertz CT molecular complexity index is 876. The summed E-state index contributed by atoms with van der Waals surface area (Å²) in [5.74, 6) is -1.31. The zero-order chi connectivity index (χ0) is 20.7. The van der Waals surface area contributed by atoms with Crippen molar-refractivity contribution in [3.05, 3.63) is 57.6 Å². The number of benzene rings is 2. The van der Waals surface area contributed by atoms with Crippen molar-refractivity contribution in [2.24, 2.45) is 0 Å². The molecule has 0 heterocycles. The molecule has 0 radical (unpaired) electrons. The molecular formula is C21H23BrN2O4. The van der Waals surface area contributed by atoms with E-state index in [4.69, 9.17) is 4.74 Å². The number of carbonyl (C=O) groups is 3. The van der Waals surface area contributed by atoms with Gasteiger partial charge in [-0.2, -0.15) is 0 Å². The van der Waals surface area contributed by atoms with Crippen LogP contribution in [0, 0.1) is 20.8 Å². The molecule has 7 heteroatoms. The number of aryl methyl sites for hydroxylation is 3. The van der Waals surface area contributed by atoms with E-state index in [1.165, 1.54) is 0 Å². The first kappa shape index (κ1) is 21.6. The summed E-state index contributed by atoms with van der Waals surface area (Å²) in [5, 5.41) is 5.44. The summed E-state index contributed by atoms with van der Waals surface area (Å²) < 4.78 is 5.86. The number of hydrogen-bond acceptors (Lipinski definition) is 4. The highest BCUT2D eigenvalue weighted by molar-refractivity contribution is 9.10. The Balaban J connectivity index is 1.73. The van der Waals surface area contributed by atoms with E-state index < -0.39 is 11.9 Å². The highest BCUT2D eigenvalue weighted by Crippen LogP contribution is 2.20. The summed E-state index contributed by atoms with van der Waals surface area (Å²) in [6, 6.07) is 11.2. The molecule has 0 bridgehead atoms. The van der Waals surface area contributed by atoms with Crippen molar-refractivity contribution in [3.8, 4) is 0 Å². The number of rotatable bonds is 7. The second-order valence-corrected chi connectivity index (χ2v) is 7.51. The van der Waals surface area contributed by atoms with Gasteiger partial charge in [0.05, 0.1) is 6.42 Å². The van der Waals surface area contributed by atoms with Crippen LogP contribution in [0.25, 0.3) is 0 Å². The van der Waals surface area contributed by atoms with Crippen LogP contribution in [0.15, 0.2) is 40.9 Å². The standard InChI is InChI=1S/C21H23BrN2O4/c1-13-8-14(2)10-17(9-13)23-20(26)12-28-21(27)7-6-19(25)24-18-5-4-16(22)11-15(18)3/h4-5,8-11H,6-7,12H2,1-3H3,(H,23,26)(H,24,25). The molecule has 0 aliphatic rings. The molecule has 2 rings (SSSR count). The Kier molecular flexibility index (Phi) is 7.75. The van der Waals surface area contributed by atoms with E-state index >= 15 is 0 Å². The highest BCUT2D eigenvalue weighted by Gasteiger charge is 2.12. The van der Waals surface area contributed by atoms with Crippen LogP contribution < -0.4 is 10.6 Å². The molecule has 0 aliphatic carbocycles. The first-order valence-electron chi connectivity index (χ1n) is 8.82. The molecular weight excluding hydrogens is 424 g/mol. The third kappa shape index (κ3) is 7.15. The lowest BCUT2D eigenvalue weighted by Gasteiger charge is -2.09. The third-order valence-corrected chi connectivity index (χ3v) is 4.38. The topological polar surface area (TPSA) is 84.5 Å². The summed E-state index contributed by atoms with van der Waals surface area (Å²) in [6.45, 7) is 5.36. The molecule has 0 saturated carbocycles. The van der Waals surface area contributed by atoms with Gasteiger partial charge < -0.3 is 15.4 Å². The maximum absolute atomic E-state index is 12.0. The van der Waals surface area contributed by atoms with Gasteiger partial charge in [-0.1, -0.05) is 22.0 Å². The maximum atomic E-state index is 12.0. The van der Waals surface area contributed by atoms with Crippen LogP contribution in [0.1, 0.15) is 29.5 Å². The minimum Gasteiger partial charge on any atom is -0.456 e. The number of amides is 2. The average molecular weight is 447 g/mol. The molecule has 0 unspecified atom stereocenters. The van der Waals surface area contributed by atoms with E-state index in [1.807, 2.05) is 51.1 Å². The predicted octanol–water partition coefficient (Wildman–Crippen LogP) is 4.27. The minimum atomic E-state index is -0.599. The second-order valence-electron chi connectivity index (χ2n) is 6.59.